The van der Waals surface area contributed by atoms with E-state index < -0.39 is 0 Å². The van der Waals surface area contributed by atoms with Crippen LogP contribution in [0.15, 0.2) is 67.4 Å². The maximum Gasteiger partial charge on any atom is 0.247 e. The van der Waals surface area contributed by atoms with Gasteiger partial charge < -0.3 is 5.32 Å². The van der Waals surface area contributed by atoms with Crippen molar-refractivity contribution in [2.75, 3.05) is 5.32 Å². The Balaban J connectivity index is 2.03. The van der Waals surface area contributed by atoms with Crippen LogP contribution in [0.5, 0.6) is 0 Å². The Morgan fingerprint density at radius 3 is 2.77 bits per heavy atom. The second-order valence-corrected chi connectivity index (χ2v) is 5.21. The Morgan fingerprint density at radius 2 is 1.95 bits per heavy atom. The first-order valence-electron chi connectivity index (χ1n) is 6.75. The molecule has 108 valence electrons. The number of carbonyl (C=O) groups excluding carboxylic acids is 1. The maximum atomic E-state index is 11.4. The van der Waals surface area contributed by atoms with Crippen LogP contribution >= 0.6 is 11.6 Å². The van der Waals surface area contributed by atoms with E-state index in [1.54, 1.807) is 12.3 Å². The largest absolute Gasteiger partial charge is 0.323 e. The van der Waals surface area contributed by atoms with Crippen LogP contribution in [-0.2, 0) is 4.79 Å². The number of hydrogen-bond donors (Lipinski definition) is 1. The van der Waals surface area contributed by atoms with Gasteiger partial charge in [-0.05, 0) is 47.5 Å². The highest BCUT2D eigenvalue weighted by Gasteiger charge is 2.05. The molecule has 22 heavy (non-hydrogen) atoms. The fraction of sp³-hybridized carbons (Fsp3) is 0. The molecule has 0 bridgehead atoms. The Morgan fingerprint density at radius 1 is 1.14 bits per heavy atom. The summed E-state index contributed by atoms with van der Waals surface area (Å²) in [7, 11) is 0. The van der Waals surface area contributed by atoms with Crippen molar-refractivity contribution in [2.45, 2.75) is 0 Å². The molecule has 3 aromatic rings. The van der Waals surface area contributed by atoms with Crippen molar-refractivity contribution < 1.29 is 4.79 Å². The number of benzene rings is 2. The minimum Gasteiger partial charge on any atom is -0.323 e. The average Bonchev–Trinajstić information content (AvgIpc) is 2.55. The molecule has 0 unspecified atom stereocenters. The van der Waals surface area contributed by atoms with Gasteiger partial charge in [0.25, 0.3) is 0 Å². The van der Waals surface area contributed by atoms with Crippen LogP contribution in [0.1, 0.15) is 0 Å². The van der Waals surface area contributed by atoms with Gasteiger partial charge in [-0.3, -0.25) is 9.78 Å². The summed E-state index contributed by atoms with van der Waals surface area (Å²) in [5, 5.41) is 4.33. The van der Waals surface area contributed by atoms with Crippen molar-refractivity contribution in [3.8, 4) is 11.1 Å². The van der Waals surface area contributed by atoms with Gasteiger partial charge in [0.1, 0.15) is 0 Å². The highest BCUT2D eigenvalue weighted by atomic mass is 35.5. The molecule has 3 rings (SSSR count). The van der Waals surface area contributed by atoms with E-state index >= 15 is 0 Å². The van der Waals surface area contributed by atoms with E-state index in [1.165, 1.54) is 6.08 Å². The van der Waals surface area contributed by atoms with Crippen LogP contribution in [0.25, 0.3) is 22.0 Å². The van der Waals surface area contributed by atoms with E-state index in [0.29, 0.717) is 5.02 Å². The van der Waals surface area contributed by atoms with E-state index in [9.17, 15) is 4.79 Å². The highest BCUT2D eigenvalue weighted by Crippen LogP contribution is 2.29. The molecule has 0 fully saturated rings. The minimum atomic E-state index is -0.233. The molecule has 1 aromatic heterocycles. The minimum absolute atomic E-state index is 0.233. The number of pyridine rings is 1. The van der Waals surface area contributed by atoms with Gasteiger partial charge in [0, 0.05) is 17.3 Å². The van der Waals surface area contributed by atoms with Gasteiger partial charge in [-0.2, -0.15) is 0 Å². The number of anilines is 1. The molecular weight excluding hydrogens is 296 g/mol. The van der Waals surface area contributed by atoms with Crippen molar-refractivity contribution in [1.29, 1.82) is 0 Å². The topological polar surface area (TPSA) is 42.0 Å². The number of hydrogen-bond acceptors (Lipinski definition) is 2. The lowest BCUT2D eigenvalue weighted by molar-refractivity contribution is -0.111. The van der Waals surface area contributed by atoms with Crippen molar-refractivity contribution in [3.05, 3.63) is 72.4 Å². The number of halogens is 1. The van der Waals surface area contributed by atoms with Gasteiger partial charge >= 0.3 is 0 Å². The molecule has 0 aliphatic rings. The van der Waals surface area contributed by atoms with Gasteiger partial charge in [-0.1, -0.05) is 36.4 Å². The van der Waals surface area contributed by atoms with Crippen LogP contribution < -0.4 is 5.32 Å². The molecule has 1 heterocycles. The predicted molar refractivity (Wildman–Crippen MR) is 91.0 cm³/mol. The van der Waals surface area contributed by atoms with Crippen LogP contribution in [0.2, 0.25) is 5.02 Å². The second kappa shape index (κ2) is 6.00. The lowest BCUT2D eigenvalue weighted by Gasteiger charge is -2.08. The first-order valence-corrected chi connectivity index (χ1v) is 7.13. The predicted octanol–water partition coefficient (Wildman–Crippen LogP) is 4.68. The Labute approximate surface area is 133 Å². The SMILES string of the molecule is C=CC(=O)Nc1cccc(-c2ccc3nccc(Cl)c3c2)c1. The molecule has 0 radical (unpaired) electrons. The quantitative estimate of drug-likeness (QED) is 0.714. The fourth-order valence-corrected chi connectivity index (χ4v) is 2.47. The fourth-order valence-electron chi connectivity index (χ4n) is 2.26. The monoisotopic (exact) mass is 308 g/mol. The smallest absolute Gasteiger partial charge is 0.247 e. The van der Waals surface area contributed by atoms with Gasteiger partial charge in [-0.15, -0.1) is 0 Å². The number of nitrogens with zero attached hydrogens (tertiary/aromatic N) is 1. The number of fused-ring (bicyclic) bond motifs is 1. The summed E-state index contributed by atoms with van der Waals surface area (Å²) in [6.45, 7) is 3.45. The number of rotatable bonds is 3. The summed E-state index contributed by atoms with van der Waals surface area (Å²) < 4.78 is 0. The van der Waals surface area contributed by atoms with E-state index in [1.807, 2.05) is 42.5 Å². The first-order chi connectivity index (χ1) is 10.7. The normalized spacial score (nSPS) is 10.4. The van der Waals surface area contributed by atoms with Gasteiger partial charge in [-0.25, -0.2) is 0 Å². The van der Waals surface area contributed by atoms with Crippen molar-refractivity contribution in [2.24, 2.45) is 0 Å². The van der Waals surface area contributed by atoms with E-state index in [2.05, 4.69) is 16.9 Å². The maximum absolute atomic E-state index is 11.4. The molecule has 1 N–H and O–H groups in total. The van der Waals surface area contributed by atoms with Gasteiger partial charge in [0.2, 0.25) is 5.91 Å². The first kappa shape index (κ1) is 14.3. The van der Waals surface area contributed by atoms with Crippen molar-refractivity contribution >= 4 is 34.1 Å². The summed E-state index contributed by atoms with van der Waals surface area (Å²) >= 11 is 6.23. The molecule has 3 nitrogen and oxygen atoms in total. The average molecular weight is 309 g/mol. The number of nitrogens with one attached hydrogen (secondary N) is 1. The summed E-state index contributed by atoms with van der Waals surface area (Å²) in [4.78, 5) is 15.7. The summed E-state index contributed by atoms with van der Waals surface area (Å²) in [5.41, 5.74) is 3.58. The van der Waals surface area contributed by atoms with E-state index in [-0.39, 0.29) is 5.91 Å². The zero-order valence-electron chi connectivity index (χ0n) is 11.7. The summed E-state index contributed by atoms with van der Waals surface area (Å²) in [5.74, 6) is -0.233. The third kappa shape index (κ3) is 2.85. The molecule has 0 aliphatic carbocycles. The molecule has 0 spiro atoms. The number of carbonyl (C=O) groups is 1. The van der Waals surface area contributed by atoms with Gasteiger partial charge in [0.15, 0.2) is 0 Å². The standard InChI is InChI=1S/C18H13ClN2O/c1-2-18(22)21-14-5-3-4-12(10-14)13-6-7-17-15(11-13)16(19)8-9-20-17/h2-11H,1H2,(H,21,22). The van der Waals surface area contributed by atoms with Crippen LogP contribution in [-0.4, -0.2) is 10.9 Å². The molecule has 4 heteroatoms. The van der Waals surface area contributed by atoms with E-state index in [0.717, 1.165) is 27.7 Å². The zero-order valence-corrected chi connectivity index (χ0v) is 12.5. The molecular formula is C18H13ClN2O. The highest BCUT2D eigenvalue weighted by molar-refractivity contribution is 6.35. The number of aromatic nitrogens is 1. The Kier molecular flexibility index (Phi) is 3.90. The molecule has 0 atom stereocenters. The second-order valence-electron chi connectivity index (χ2n) is 4.80. The van der Waals surface area contributed by atoms with Crippen molar-refractivity contribution in [3.63, 3.8) is 0 Å². The molecule has 2 aromatic carbocycles. The molecule has 0 saturated carbocycles. The Bertz CT molecular complexity index is 874. The zero-order chi connectivity index (χ0) is 15.5. The lowest BCUT2D eigenvalue weighted by atomic mass is 10.0. The lowest BCUT2D eigenvalue weighted by Crippen LogP contribution is -2.06. The third-order valence-corrected chi connectivity index (χ3v) is 3.67. The number of amides is 1. The summed E-state index contributed by atoms with van der Waals surface area (Å²) in [6.07, 6.45) is 2.93. The summed E-state index contributed by atoms with van der Waals surface area (Å²) in [6, 6.07) is 15.3. The molecule has 0 saturated heterocycles. The van der Waals surface area contributed by atoms with E-state index in [4.69, 9.17) is 11.6 Å². The van der Waals surface area contributed by atoms with Crippen LogP contribution in [0.4, 0.5) is 5.69 Å². The Hall–Kier alpha value is -2.65. The van der Waals surface area contributed by atoms with Crippen LogP contribution in [0, 0.1) is 0 Å². The third-order valence-electron chi connectivity index (χ3n) is 3.34. The molecule has 1 amide bonds. The molecule has 0 aliphatic heterocycles. The van der Waals surface area contributed by atoms with Crippen molar-refractivity contribution in [1.82, 2.24) is 4.98 Å². The van der Waals surface area contributed by atoms with Gasteiger partial charge in [0.05, 0.1) is 10.5 Å². The van der Waals surface area contributed by atoms with Crippen LogP contribution in [0.3, 0.4) is 0 Å².